The molecule has 0 spiro atoms. The van der Waals surface area contributed by atoms with Crippen LogP contribution in [0.1, 0.15) is 50.8 Å². The van der Waals surface area contributed by atoms with Crippen LogP contribution in [0.5, 0.6) is 0 Å². The van der Waals surface area contributed by atoms with Crippen LogP contribution >= 0.6 is 0 Å². The van der Waals surface area contributed by atoms with Crippen molar-refractivity contribution < 1.29 is 9.53 Å². The van der Waals surface area contributed by atoms with Gasteiger partial charge in [0.15, 0.2) is 0 Å². The van der Waals surface area contributed by atoms with Gasteiger partial charge in [0.05, 0.1) is 11.5 Å². The van der Waals surface area contributed by atoms with Crippen molar-refractivity contribution in [1.29, 1.82) is 0 Å². The molecule has 0 saturated carbocycles. The Labute approximate surface area is 126 Å². The van der Waals surface area contributed by atoms with Crippen LogP contribution in [0.4, 0.5) is 5.69 Å². The second-order valence-electron chi connectivity index (χ2n) is 6.68. The van der Waals surface area contributed by atoms with Gasteiger partial charge in [-0.25, -0.2) is 0 Å². The highest BCUT2D eigenvalue weighted by Gasteiger charge is 2.39. The average molecular weight is 288 g/mol. The van der Waals surface area contributed by atoms with Gasteiger partial charge in [-0.05, 0) is 43.9 Å². The summed E-state index contributed by atoms with van der Waals surface area (Å²) in [6, 6.07) is 6.09. The van der Waals surface area contributed by atoms with Gasteiger partial charge in [0, 0.05) is 24.3 Å². The van der Waals surface area contributed by atoms with Gasteiger partial charge in [-0.2, -0.15) is 0 Å². The van der Waals surface area contributed by atoms with Crippen molar-refractivity contribution in [2.75, 3.05) is 11.9 Å². The number of nitrogens with one attached hydrogen (secondary N) is 1. The van der Waals surface area contributed by atoms with Gasteiger partial charge in [0.2, 0.25) is 5.91 Å². The molecule has 2 heterocycles. The zero-order valence-corrected chi connectivity index (χ0v) is 13.0. The molecule has 0 aromatic heterocycles. The van der Waals surface area contributed by atoms with Crippen molar-refractivity contribution >= 4 is 11.6 Å². The average Bonchev–Trinajstić information content (AvgIpc) is 3.02. The van der Waals surface area contributed by atoms with Crippen LogP contribution in [-0.4, -0.2) is 18.6 Å². The Morgan fingerprint density at radius 2 is 2.24 bits per heavy atom. The molecular weight excluding hydrogens is 264 g/mol. The molecule has 0 aliphatic carbocycles. The van der Waals surface area contributed by atoms with Gasteiger partial charge in [0.25, 0.3) is 0 Å². The Bertz CT molecular complexity index is 568. The fraction of sp³-hybridized carbons (Fsp3) is 0.588. The Hall–Kier alpha value is -1.39. The van der Waals surface area contributed by atoms with Crippen molar-refractivity contribution in [3.63, 3.8) is 0 Å². The van der Waals surface area contributed by atoms with Crippen LogP contribution < -0.4 is 11.1 Å². The van der Waals surface area contributed by atoms with Crippen LogP contribution in [0.25, 0.3) is 0 Å². The number of ether oxygens (including phenoxy) is 1. The van der Waals surface area contributed by atoms with E-state index in [1.165, 1.54) is 0 Å². The van der Waals surface area contributed by atoms with Gasteiger partial charge < -0.3 is 15.8 Å². The van der Waals surface area contributed by atoms with E-state index in [0.29, 0.717) is 5.92 Å². The molecule has 21 heavy (non-hydrogen) atoms. The predicted octanol–water partition coefficient (Wildman–Crippen LogP) is 2.73. The number of rotatable bonds is 3. The SMILES string of the molecule is CCC1OCCC1C(N)c1ccc2c(c1)C(C)(C)C(=O)N2. The van der Waals surface area contributed by atoms with Crippen LogP contribution in [0.3, 0.4) is 0 Å². The smallest absolute Gasteiger partial charge is 0.234 e. The molecule has 1 amide bonds. The quantitative estimate of drug-likeness (QED) is 0.899. The van der Waals surface area contributed by atoms with Crippen molar-refractivity contribution in [1.82, 2.24) is 0 Å². The molecule has 3 rings (SSSR count). The number of benzene rings is 1. The third-order valence-corrected chi connectivity index (χ3v) is 5.04. The van der Waals surface area contributed by atoms with Gasteiger partial charge >= 0.3 is 0 Å². The van der Waals surface area contributed by atoms with E-state index in [1.54, 1.807) is 0 Å². The van der Waals surface area contributed by atoms with E-state index >= 15 is 0 Å². The van der Waals surface area contributed by atoms with Crippen LogP contribution in [0, 0.1) is 5.92 Å². The standard InChI is InChI=1S/C17H24N2O2/c1-4-14-11(7-8-21-14)15(18)10-5-6-13-12(9-10)17(2,3)16(20)19-13/h5-6,9,11,14-15H,4,7-8,18H2,1-3H3,(H,19,20). The van der Waals surface area contributed by atoms with Gasteiger partial charge in [-0.3, -0.25) is 4.79 Å². The summed E-state index contributed by atoms with van der Waals surface area (Å²) in [6.45, 7) is 6.85. The third-order valence-electron chi connectivity index (χ3n) is 5.04. The van der Waals surface area contributed by atoms with E-state index in [2.05, 4.69) is 18.3 Å². The lowest BCUT2D eigenvalue weighted by molar-refractivity contribution is -0.119. The number of carbonyl (C=O) groups excluding carboxylic acids is 1. The summed E-state index contributed by atoms with van der Waals surface area (Å²) < 4.78 is 5.76. The van der Waals surface area contributed by atoms with Crippen molar-refractivity contribution in [3.05, 3.63) is 29.3 Å². The number of amides is 1. The van der Waals surface area contributed by atoms with Crippen LogP contribution in [0.2, 0.25) is 0 Å². The van der Waals surface area contributed by atoms with Crippen LogP contribution in [-0.2, 0) is 14.9 Å². The first-order valence-corrected chi connectivity index (χ1v) is 7.78. The molecule has 1 aromatic carbocycles. The number of fused-ring (bicyclic) bond motifs is 1. The third kappa shape index (κ3) is 2.27. The van der Waals surface area contributed by atoms with E-state index in [4.69, 9.17) is 10.5 Å². The van der Waals surface area contributed by atoms with Crippen molar-refractivity contribution in [2.45, 2.75) is 51.2 Å². The lowest BCUT2D eigenvalue weighted by Gasteiger charge is -2.25. The lowest BCUT2D eigenvalue weighted by atomic mass is 9.82. The maximum absolute atomic E-state index is 12.0. The van der Waals surface area contributed by atoms with E-state index in [0.717, 1.165) is 36.3 Å². The first kappa shape index (κ1) is 14.5. The molecule has 2 aliphatic heterocycles. The fourth-order valence-electron chi connectivity index (χ4n) is 3.54. The molecular formula is C17H24N2O2. The molecule has 3 atom stereocenters. The highest BCUT2D eigenvalue weighted by atomic mass is 16.5. The van der Waals surface area contributed by atoms with Crippen molar-refractivity contribution in [3.8, 4) is 0 Å². The van der Waals surface area contributed by atoms with E-state index in [-0.39, 0.29) is 18.1 Å². The Morgan fingerprint density at radius 3 is 2.95 bits per heavy atom. The van der Waals surface area contributed by atoms with Gasteiger partial charge in [0.1, 0.15) is 0 Å². The first-order valence-electron chi connectivity index (χ1n) is 7.78. The largest absolute Gasteiger partial charge is 0.378 e. The number of anilines is 1. The monoisotopic (exact) mass is 288 g/mol. The fourth-order valence-corrected chi connectivity index (χ4v) is 3.54. The predicted molar refractivity (Wildman–Crippen MR) is 83.2 cm³/mol. The molecule has 3 unspecified atom stereocenters. The minimum absolute atomic E-state index is 0.0331. The molecule has 0 radical (unpaired) electrons. The maximum atomic E-state index is 12.0. The van der Waals surface area contributed by atoms with Crippen LogP contribution in [0.15, 0.2) is 18.2 Å². The lowest BCUT2D eigenvalue weighted by Crippen LogP contribution is -2.29. The molecule has 2 aliphatic rings. The van der Waals surface area contributed by atoms with Crippen molar-refractivity contribution in [2.24, 2.45) is 11.7 Å². The molecule has 114 valence electrons. The number of hydrogen-bond acceptors (Lipinski definition) is 3. The van der Waals surface area contributed by atoms with E-state index in [1.807, 2.05) is 26.0 Å². The minimum atomic E-state index is -0.485. The normalized spacial score (nSPS) is 28.3. The highest BCUT2D eigenvalue weighted by molar-refractivity contribution is 6.05. The van der Waals surface area contributed by atoms with Gasteiger partial charge in [-0.1, -0.05) is 19.1 Å². The molecule has 3 N–H and O–H groups in total. The summed E-state index contributed by atoms with van der Waals surface area (Å²) in [6.07, 6.45) is 2.26. The zero-order valence-electron chi connectivity index (χ0n) is 13.0. The second kappa shape index (κ2) is 5.11. The highest BCUT2D eigenvalue weighted by Crippen LogP contribution is 2.40. The first-order chi connectivity index (χ1) is 9.95. The Morgan fingerprint density at radius 1 is 1.48 bits per heavy atom. The van der Waals surface area contributed by atoms with E-state index in [9.17, 15) is 4.79 Å². The summed E-state index contributed by atoms with van der Waals surface area (Å²) >= 11 is 0. The molecule has 4 heteroatoms. The molecule has 4 nitrogen and oxygen atoms in total. The summed E-state index contributed by atoms with van der Waals surface area (Å²) in [5, 5.41) is 2.94. The second-order valence-corrected chi connectivity index (χ2v) is 6.68. The Balaban J connectivity index is 1.91. The summed E-state index contributed by atoms with van der Waals surface area (Å²) in [5.74, 6) is 0.417. The Kier molecular flexibility index (Phi) is 3.54. The number of carbonyl (C=O) groups is 1. The van der Waals surface area contributed by atoms with Gasteiger partial charge in [-0.15, -0.1) is 0 Å². The molecule has 1 fully saturated rings. The summed E-state index contributed by atoms with van der Waals surface area (Å²) in [7, 11) is 0. The summed E-state index contributed by atoms with van der Waals surface area (Å²) in [4.78, 5) is 12.0. The number of nitrogens with two attached hydrogens (primary N) is 1. The maximum Gasteiger partial charge on any atom is 0.234 e. The summed E-state index contributed by atoms with van der Waals surface area (Å²) in [5.41, 5.74) is 9.08. The zero-order chi connectivity index (χ0) is 15.2. The molecule has 1 aromatic rings. The van der Waals surface area contributed by atoms with E-state index < -0.39 is 5.41 Å². The molecule has 0 bridgehead atoms. The topological polar surface area (TPSA) is 64.3 Å². The number of hydrogen-bond donors (Lipinski definition) is 2. The minimum Gasteiger partial charge on any atom is -0.378 e. The molecule has 1 saturated heterocycles.